The predicted molar refractivity (Wildman–Crippen MR) is 66.3 cm³/mol. The fourth-order valence-electron chi connectivity index (χ4n) is 2.05. The molecule has 1 aromatic rings. The highest BCUT2D eigenvalue weighted by atomic mass is 16.3. The van der Waals surface area contributed by atoms with E-state index in [-0.39, 0.29) is 18.4 Å². The minimum atomic E-state index is -0.131. The normalized spacial score (nSPS) is 17.5. The van der Waals surface area contributed by atoms with Crippen LogP contribution in [0, 0.1) is 0 Å². The Hall–Kier alpha value is -1.61. The van der Waals surface area contributed by atoms with E-state index < -0.39 is 0 Å². The van der Waals surface area contributed by atoms with Crippen LogP contribution in [0.15, 0.2) is 42.1 Å². The third-order valence-electron chi connectivity index (χ3n) is 2.95. The molecule has 3 heteroatoms. The van der Waals surface area contributed by atoms with Crippen LogP contribution in [0.3, 0.4) is 0 Å². The number of ketones is 1. The van der Waals surface area contributed by atoms with E-state index in [9.17, 15) is 9.90 Å². The van der Waals surface area contributed by atoms with Gasteiger partial charge < -0.3 is 10.4 Å². The maximum atomic E-state index is 11.3. The molecule has 0 bridgehead atoms. The van der Waals surface area contributed by atoms with Crippen molar-refractivity contribution in [2.45, 2.75) is 25.3 Å². The monoisotopic (exact) mass is 231 g/mol. The molecule has 1 atom stereocenters. The molecular weight excluding hydrogens is 214 g/mol. The van der Waals surface area contributed by atoms with E-state index in [2.05, 4.69) is 5.32 Å². The first-order valence-electron chi connectivity index (χ1n) is 5.95. The van der Waals surface area contributed by atoms with Gasteiger partial charge in [-0.15, -0.1) is 0 Å². The summed E-state index contributed by atoms with van der Waals surface area (Å²) in [6.07, 6.45) is 4.08. The van der Waals surface area contributed by atoms with Crippen LogP contribution in [-0.4, -0.2) is 17.5 Å². The minimum absolute atomic E-state index is 0.0234. The van der Waals surface area contributed by atoms with Crippen molar-refractivity contribution in [3.05, 3.63) is 47.7 Å². The van der Waals surface area contributed by atoms with E-state index in [1.54, 1.807) is 6.08 Å². The smallest absolute Gasteiger partial charge is 0.157 e. The number of rotatable bonds is 4. The van der Waals surface area contributed by atoms with Gasteiger partial charge in [0.25, 0.3) is 0 Å². The minimum Gasteiger partial charge on any atom is -0.394 e. The summed E-state index contributed by atoms with van der Waals surface area (Å²) in [5.41, 5.74) is 1.97. The maximum absolute atomic E-state index is 11.3. The maximum Gasteiger partial charge on any atom is 0.157 e. The van der Waals surface area contributed by atoms with Crippen molar-refractivity contribution in [2.24, 2.45) is 0 Å². The van der Waals surface area contributed by atoms with Gasteiger partial charge in [0.15, 0.2) is 5.78 Å². The number of carbonyl (C=O) groups is 1. The molecule has 2 rings (SSSR count). The van der Waals surface area contributed by atoms with Crippen LogP contribution in [-0.2, 0) is 4.79 Å². The van der Waals surface area contributed by atoms with Crippen molar-refractivity contribution in [2.75, 3.05) is 6.61 Å². The molecule has 1 aliphatic rings. The van der Waals surface area contributed by atoms with Gasteiger partial charge in [0.05, 0.1) is 12.6 Å². The van der Waals surface area contributed by atoms with Crippen molar-refractivity contribution in [1.82, 2.24) is 5.32 Å². The quantitative estimate of drug-likeness (QED) is 0.832. The molecule has 0 aliphatic heterocycles. The van der Waals surface area contributed by atoms with Gasteiger partial charge in [0, 0.05) is 18.2 Å². The largest absolute Gasteiger partial charge is 0.394 e. The molecule has 0 fully saturated rings. The molecule has 3 nitrogen and oxygen atoms in total. The second kappa shape index (κ2) is 5.64. The first-order chi connectivity index (χ1) is 8.29. The van der Waals surface area contributed by atoms with E-state index in [0.29, 0.717) is 6.42 Å². The summed E-state index contributed by atoms with van der Waals surface area (Å²) in [5.74, 6) is 0.170. The fraction of sp³-hybridized carbons (Fsp3) is 0.357. The molecule has 1 aliphatic carbocycles. The number of nitrogens with one attached hydrogen (secondary N) is 1. The lowest BCUT2D eigenvalue weighted by Crippen LogP contribution is -2.25. The molecular formula is C14H17NO2. The van der Waals surface area contributed by atoms with Gasteiger partial charge in [-0.3, -0.25) is 4.79 Å². The van der Waals surface area contributed by atoms with E-state index in [1.807, 2.05) is 30.3 Å². The zero-order chi connectivity index (χ0) is 12.1. The molecule has 0 unspecified atom stereocenters. The third-order valence-corrected chi connectivity index (χ3v) is 2.95. The standard InChI is InChI=1S/C14H17NO2/c16-10-14(11-5-2-1-3-6-11)15-12-7-4-8-13(17)9-12/h1-3,5-6,9,14-16H,4,7-8,10H2/t14-/m0/s1. The van der Waals surface area contributed by atoms with Crippen LogP contribution in [0.1, 0.15) is 30.9 Å². The second-order valence-corrected chi connectivity index (χ2v) is 4.28. The van der Waals surface area contributed by atoms with Crippen molar-refractivity contribution in [1.29, 1.82) is 0 Å². The lowest BCUT2D eigenvalue weighted by Gasteiger charge is -2.22. The molecule has 90 valence electrons. The lowest BCUT2D eigenvalue weighted by atomic mass is 10.0. The average molecular weight is 231 g/mol. The summed E-state index contributed by atoms with van der Waals surface area (Å²) >= 11 is 0. The number of benzene rings is 1. The van der Waals surface area contributed by atoms with Gasteiger partial charge in [0.1, 0.15) is 0 Å². The van der Waals surface area contributed by atoms with Crippen molar-refractivity contribution >= 4 is 5.78 Å². The fourth-order valence-corrected chi connectivity index (χ4v) is 2.05. The molecule has 0 aromatic heterocycles. The van der Waals surface area contributed by atoms with Gasteiger partial charge in [-0.2, -0.15) is 0 Å². The van der Waals surface area contributed by atoms with E-state index in [0.717, 1.165) is 24.1 Å². The predicted octanol–water partition coefficient (Wildman–Crippen LogP) is 1.95. The topological polar surface area (TPSA) is 49.3 Å². The van der Waals surface area contributed by atoms with Crippen LogP contribution < -0.4 is 5.32 Å². The molecule has 0 saturated heterocycles. The van der Waals surface area contributed by atoms with E-state index in [4.69, 9.17) is 0 Å². The van der Waals surface area contributed by atoms with E-state index >= 15 is 0 Å². The number of carbonyl (C=O) groups excluding carboxylic acids is 1. The molecule has 2 N–H and O–H groups in total. The van der Waals surface area contributed by atoms with Crippen molar-refractivity contribution in [3.8, 4) is 0 Å². The van der Waals surface area contributed by atoms with Crippen LogP contribution in [0.2, 0.25) is 0 Å². The Balaban J connectivity index is 2.08. The van der Waals surface area contributed by atoms with Crippen molar-refractivity contribution < 1.29 is 9.90 Å². The van der Waals surface area contributed by atoms with E-state index in [1.165, 1.54) is 0 Å². The van der Waals surface area contributed by atoms with Gasteiger partial charge in [0.2, 0.25) is 0 Å². The molecule has 0 saturated carbocycles. The van der Waals surface area contributed by atoms with Crippen LogP contribution >= 0.6 is 0 Å². The van der Waals surface area contributed by atoms with Gasteiger partial charge in [-0.25, -0.2) is 0 Å². The Morgan fingerprint density at radius 3 is 2.65 bits per heavy atom. The molecule has 0 spiro atoms. The summed E-state index contributed by atoms with van der Waals surface area (Å²) < 4.78 is 0. The molecule has 0 amide bonds. The number of aliphatic hydroxyl groups is 1. The van der Waals surface area contributed by atoms with Crippen LogP contribution in [0.4, 0.5) is 0 Å². The zero-order valence-corrected chi connectivity index (χ0v) is 9.73. The average Bonchev–Trinajstić information content (AvgIpc) is 2.37. The van der Waals surface area contributed by atoms with Gasteiger partial charge in [-0.1, -0.05) is 30.3 Å². The Labute approximate surface area is 101 Å². The number of hydrogen-bond donors (Lipinski definition) is 2. The first kappa shape index (κ1) is 11.9. The molecule has 17 heavy (non-hydrogen) atoms. The summed E-state index contributed by atoms with van der Waals surface area (Å²) in [5, 5.41) is 12.6. The Kier molecular flexibility index (Phi) is 3.94. The highest BCUT2D eigenvalue weighted by Gasteiger charge is 2.14. The van der Waals surface area contributed by atoms with Crippen molar-refractivity contribution in [3.63, 3.8) is 0 Å². The zero-order valence-electron chi connectivity index (χ0n) is 9.73. The number of aliphatic hydroxyl groups excluding tert-OH is 1. The highest BCUT2D eigenvalue weighted by Crippen LogP contribution is 2.18. The summed E-state index contributed by atoms with van der Waals surface area (Å²) in [6, 6.07) is 9.65. The highest BCUT2D eigenvalue weighted by molar-refractivity contribution is 5.91. The van der Waals surface area contributed by atoms with Crippen LogP contribution in [0.5, 0.6) is 0 Å². The molecule has 0 heterocycles. The summed E-state index contributed by atoms with van der Waals surface area (Å²) in [4.78, 5) is 11.3. The third kappa shape index (κ3) is 3.17. The Morgan fingerprint density at radius 2 is 2.00 bits per heavy atom. The summed E-state index contributed by atoms with van der Waals surface area (Å²) in [6.45, 7) is 0.0234. The molecule has 1 aromatic carbocycles. The van der Waals surface area contributed by atoms with Crippen LogP contribution in [0.25, 0.3) is 0 Å². The first-order valence-corrected chi connectivity index (χ1v) is 5.95. The second-order valence-electron chi connectivity index (χ2n) is 4.28. The lowest BCUT2D eigenvalue weighted by molar-refractivity contribution is -0.115. The van der Waals surface area contributed by atoms with Gasteiger partial charge >= 0.3 is 0 Å². The number of hydrogen-bond acceptors (Lipinski definition) is 3. The SMILES string of the molecule is O=C1C=C(N[C@@H](CO)c2ccccc2)CCC1. The Morgan fingerprint density at radius 1 is 1.24 bits per heavy atom. The molecule has 0 radical (unpaired) electrons. The summed E-state index contributed by atoms with van der Waals surface area (Å²) in [7, 11) is 0. The number of allylic oxidation sites excluding steroid dienone is 2. The Bertz CT molecular complexity index is 411. The van der Waals surface area contributed by atoms with Gasteiger partial charge in [-0.05, 0) is 18.4 Å².